The fraction of sp³-hybridized carbons (Fsp3) is 1.00. The van der Waals surface area contributed by atoms with E-state index >= 15 is 0 Å². The van der Waals surface area contributed by atoms with Gasteiger partial charge in [-0.05, 0) is 19.3 Å². The summed E-state index contributed by atoms with van der Waals surface area (Å²) in [5.41, 5.74) is 0. The van der Waals surface area contributed by atoms with Crippen LogP contribution in [0.2, 0.25) is 0 Å². The smallest absolute Gasteiger partial charge is 0.187 e. The molecule has 0 aromatic carbocycles. The molecule has 13 unspecified atom stereocenters. The van der Waals surface area contributed by atoms with Crippen LogP contribution >= 0.6 is 0 Å². The summed E-state index contributed by atoms with van der Waals surface area (Å²) in [7, 11) is 0. The molecule has 0 aromatic heterocycles. The third-order valence-corrected chi connectivity index (χ3v) is 7.78. The van der Waals surface area contributed by atoms with Gasteiger partial charge in [0.05, 0.1) is 36.9 Å². The zero-order valence-corrected chi connectivity index (χ0v) is 18.2. The Bertz CT molecular complexity index is 639. The average molecular weight is 482 g/mol. The van der Waals surface area contributed by atoms with Gasteiger partial charge in [0, 0.05) is 18.8 Å². The molecule has 12 nitrogen and oxygen atoms in total. The van der Waals surface area contributed by atoms with E-state index in [1.165, 1.54) is 0 Å². The normalized spacial score (nSPS) is 55.7. The van der Waals surface area contributed by atoms with Crippen molar-refractivity contribution in [3.8, 4) is 0 Å². The van der Waals surface area contributed by atoms with Crippen molar-refractivity contribution in [2.75, 3.05) is 6.61 Å². The number of aliphatic hydroxyl groups excluding tert-OH is 9. The van der Waals surface area contributed by atoms with Gasteiger partial charge in [-0.1, -0.05) is 0 Å². The van der Waals surface area contributed by atoms with Crippen LogP contribution in [-0.2, 0) is 9.47 Å². The highest BCUT2D eigenvalue weighted by molar-refractivity contribution is 4.99. The topological polar surface area (TPSA) is 213 Å². The standard InChI is InChI=1S/C21H36O12/c22-6-15-17(28)18(29)19(30)21(33-15)32-14-5-9-10(24)3-8(23)4-13(9)31-20(14)7-1-11(25)16(27)12(26)2-7/h7-30H,1-6H2/p+1. The first-order chi connectivity index (χ1) is 15.6. The van der Waals surface area contributed by atoms with E-state index in [1.54, 1.807) is 0 Å². The molecule has 0 aromatic rings. The van der Waals surface area contributed by atoms with Gasteiger partial charge >= 0.3 is 0 Å². The highest BCUT2D eigenvalue weighted by Gasteiger charge is 2.55. The Balaban J connectivity index is 1.56. The van der Waals surface area contributed by atoms with Gasteiger partial charge in [0.25, 0.3) is 0 Å². The van der Waals surface area contributed by atoms with Gasteiger partial charge < -0.3 is 60.2 Å². The number of hydrogen-bond acceptors (Lipinski definition) is 11. The molecule has 4 fully saturated rings. The molecule has 2 heterocycles. The molecule has 2 saturated heterocycles. The molecule has 192 valence electrons. The second kappa shape index (κ2) is 10.2. The third kappa shape index (κ3) is 5.08. The van der Waals surface area contributed by atoms with E-state index in [-0.39, 0.29) is 37.7 Å². The molecule has 0 spiro atoms. The van der Waals surface area contributed by atoms with Crippen molar-refractivity contribution in [2.45, 2.75) is 112 Å². The lowest BCUT2D eigenvalue weighted by atomic mass is 9.72. The number of rotatable bonds is 4. The van der Waals surface area contributed by atoms with E-state index in [9.17, 15) is 46.0 Å². The van der Waals surface area contributed by atoms with E-state index in [2.05, 4.69) is 0 Å². The Hall–Kier alpha value is -0.480. The molecule has 2 aliphatic carbocycles. The lowest BCUT2D eigenvalue weighted by Gasteiger charge is -2.48. The quantitative estimate of drug-likeness (QED) is 0.174. The van der Waals surface area contributed by atoms with Gasteiger partial charge in [-0.25, -0.2) is 0 Å². The molecular formula is C21H37O12+. The van der Waals surface area contributed by atoms with Crippen LogP contribution in [0.1, 0.15) is 32.1 Å². The Morgan fingerprint density at radius 3 is 2.03 bits per heavy atom. The van der Waals surface area contributed by atoms with Crippen molar-refractivity contribution < 1.29 is 60.2 Å². The maximum Gasteiger partial charge on any atom is 0.187 e. The van der Waals surface area contributed by atoms with Crippen LogP contribution in [-0.4, -0.2) is 137 Å². The van der Waals surface area contributed by atoms with E-state index < -0.39 is 86.0 Å². The molecule has 0 radical (unpaired) electrons. The lowest BCUT2D eigenvalue weighted by Crippen LogP contribution is -2.63. The average Bonchev–Trinajstić information content (AvgIpc) is 2.77. The second-order valence-electron chi connectivity index (χ2n) is 10.0. The summed E-state index contributed by atoms with van der Waals surface area (Å²) in [6.07, 6.45) is -13.1. The molecule has 13 atom stereocenters. The third-order valence-electron chi connectivity index (χ3n) is 7.78. The Labute approximate surface area is 191 Å². The van der Waals surface area contributed by atoms with Gasteiger partial charge in [0.1, 0.15) is 36.6 Å². The predicted octanol–water partition coefficient (Wildman–Crippen LogP) is -4.54. The van der Waals surface area contributed by atoms with Gasteiger partial charge in [0.2, 0.25) is 0 Å². The molecule has 4 rings (SSSR count). The zero-order chi connectivity index (χ0) is 24.0. The maximum absolute atomic E-state index is 10.5. The highest BCUT2D eigenvalue weighted by Crippen LogP contribution is 2.42. The summed E-state index contributed by atoms with van der Waals surface area (Å²) in [6.45, 7) is -0.608. The number of aliphatic hydroxyl groups is 11. The molecule has 2 saturated carbocycles. The SMILES string of the molecule is OCC1OC(OC2CC3C(O)CC(O)CC3[OH+]C2C2CC(O)C(O)C(O)C2)C(O)C(O)C1O. The molecule has 4 aliphatic rings. The molecule has 10 N–H and O–H groups in total. The van der Waals surface area contributed by atoms with Crippen LogP contribution in [0.5, 0.6) is 0 Å². The van der Waals surface area contributed by atoms with Crippen molar-refractivity contribution in [1.82, 2.24) is 0 Å². The molecule has 12 heteroatoms. The predicted molar refractivity (Wildman–Crippen MR) is 109 cm³/mol. The van der Waals surface area contributed by atoms with Crippen LogP contribution in [0.4, 0.5) is 0 Å². The Morgan fingerprint density at radius 2 is 1.39 bits per heavy atom. The summed E-state index contributed by atoms with van der Waals surface area (Å²) in [5.74, 6) is -0.728. The van der Waals surface area contributed by atoms with Crippen LogP contribution in [0.15, 0.2) is 0 Å². The van der Waals surface area contributed by atoms with Crippen LogP contribution in [0.25, 0.3) is 0 Å². The highest BCUT2D eigenvalue weighted by atomic mass is 16.7. The van der Waals surface area contributed by atoms with Gasteiger partial charge in [-0.3, -0.25) is 0 Å². The monoisotopic (exact) mass is 481 g/mol. The fourth-order valence-electron chi connectivity index (χ4n) is 5.91. The summed E-state index contributed by atoms with van der Waals surface area (Å²) in [4.78, 5) is 0. The first kappa shape index (κ1) is 25.6. The second-order valence-corrected chi connectivity index (χ2v) is 10.0. The van der Waals surface area contributed by atoms with Crippen molar-refractivity contribution >= 4 is 0 Å². The van der Waals surface area contributed by atoms with Crippen molar-refractivity contribution in [3.63, 3.8) is 0 Å². The lowest BCUT2D eigenvalue weighted by molar-refractivity contribution is -0.357. The van der Waals surface area contributed by atoms with Gasteiger partial charge in [-0.2, -0.15) is 0 Å². The number of hydrogen-bond donors (Lipinski definition) is 9. The van der Waals surface area contributed by atoms with E-state index in [4.69, 9.17) is 14.2 Å². The summed E-state index contributed by atoms with van der Waals surface area (Å²) in [5, 5.41) is 91.1. The minimum Gasteiger partial charge on any atom is -0.427 e. The van der Waals surface area contributed by atoms with E-state index in [0.29, 0.717) is 6.42 Å². The van der Waals surface area contributed by atoms with E-state index in [1.807, 2.05) is 0 Å². The van der Waals surface area contributed by atoms with Crippen molar-refractivity contribution in [2.24, 2.45) is 11.8 Å². The maximum atomic E-state index is 10.5. The van der Waals surface area contributed by atoms with Crippen LogP contribution in [0.3, 0.4) is 0 Å². The van der Waals surface area contributed by atoms with E-state index in [0.717, 1.165) is 0 Å². The molecule has 33 heavy (non-hydrogen) atoms. The molecular weight excluding hydrogens is 444 g/mol. The summed E-state index contributed by atoms with van der Waals surface area (Å²) in [6, 6.07) is 0. The number of ether oxygens (including phenoxy) is 3. The summed E-state index contributed by atoms with van der Waals surface area (Å²) >= 11 is 0. The van der Waals surface area contributed by atoms with Crippen molar-refractivity contribution in [3.05, 3.63) is 0 Å². The minimum atomic E-state index is -1.61. The van der Waals surface area contributed by atoms with Crippen LogP contribution in [0, 0.1) is 11.8 Å². The zero-order valence-electron chi connectivity index (χ0n) is 18.2. The molecule has 2 aliphatic heterocycles. The van der Waals surface area contributed by atoms with Gasteiger partial charge in [0.15, 0.2) is 18.5 Å². The van der Waals surface area contributed by atoms with Gasteiger partial charge in [-0.15, -0.1) is 0 Å². The molecule has 0 bridgehead atoms. The minimum absolute atomic E-state index is 0.142. The first-order valence-electron chi connectivity index (χ1n) is 11.7. The summed E-state index contributed by atoms with van der Waals surface area (Å²) < 4.78 is 16.3. The van der Waals surface area contributed by atoms with Crippen LogP contribution < -0.4 is 0 Å². The Morgan fingerprint density at radius 1 is 0.727 bits per heavy atom. The largest absolute Gasteiger partial charge is 0.427 e. The molecule has 0 amide bonds. The first-order valence-corrected chi connectivity index (χ1v) is 11.7. The van der Waals surface area contributed by atoms with Crippen molar-refractivity contribution in [1.29, 1.82) is 0 Å². The fourth-order valence-corrected chi connectivity index (χ4v) is 5.91. The Kier molecular flexibility index (Phi) is 7.95. The number of fused-ring (bicyclic) bond motifs is 1.